The van der Waals surface area contributed by atoms with E-state index in [1.165, 1.54) is 13.2 Å². The van der Waals surface area contributed by atoms with Crippen LogP contribution in [0.4, 0.5) is 5.69 Å². The van der Waals surface area contributed by atoms with Gasteiger partial charge in [0.15, 0.2) is 16.3 Å². The number of H-pyrrole nitrogens is 1. The van der Waals surface area contributed by atoms with E-state index in [2.05, 4.69) is 10.2 Å². The van der Waals surface area contributed by atoms with Gasteiger partial charge in [0, 0.05) is 18.2 Å². The van der Waals surface area contributed by atoms with Crippen LogP contribution in [0.15, 0.2) is 18.2 Å². The minimum atomic E-state index is -0.487. The summed E-state index contributed by atoms with van der Waals surface area (Å²) in [6, 6.07) is 4.60. The van der Waals surface area contributed by atoms with E-state index in [0.717, 1.165) is 0 Å². The van der Waals surface area contributed by atoms with Gasteiger partial charge in [-0.15, -0.1) is 0 Å². The smallest absolute Gasteiger partial charge is 0.310 e. The molecule has 1 heterocycles. The average molecular weight is 280 g/mol. The first-order valence-corrected chi connectivity index (χ1v) is 5.97. The Morgan fingerprint density at radius 3 is 2.89 bits per heavy atom. The van der Waals surface area contributed by atoms with Crippen LogP contribution >= 0.6 is 12.2 Å². The van der Waals surface area contributed by atoms with E-state index >= 15 is 0 Å². The Bertz CT molecular complexity index is 677. The largest absolute Gasteiger partial charge is 0.490 e. The van der Waals surface area contributed by atoms with Crippen molar-refractivity contribution in [3.05, 3.63) is 33.1 Å². The molecule has 0 aliphatic heterocycles. The molecule has 19 heavy (non-hydrogen) atoms. The highest BCUT2D eigenvalue weighted by Crippen LogP contribution is 2.31. The van der Waals surface area contributed by atoms with Crippen molar-refractivity contribution in [2.45, 2.75) is 13.5 Å². The van der Waals surface area contributed by atoms with E-state index in [4.69, 9.17) is 17.0 Å². The van der Waals surface area contributed by atoms with Crippen LogP contribution in [0, 0.1) is 14.9 Å². The van der Waals surface area contributed by atoms with Gasteiger partial charge in [0.2, 0.25) is 0 Å². The number of aromatic nitrogens is 3. The predicted octanol–water partition coefficient (Wildman–Crippen LogP) is 2.54. The van der Waals surface area contributed by atoms with Crippen LogP contribution in [-0.4, -0.2) is 26.8 Å². The first-order valence-electron chi connectivity index (χ1n) is 5.56. The monoisotopic (exact) mass is 280 g/mol. The van der Waals surface area contributed by atoms with Crippen molar-refractivity contribution >= 4 is 17.9 Å². The highest BCUT2D eigenvalue weighted by Gasteiger charge is 2.17. The summed E-state index contributed by atoms with van der Waals surface area (Å²) in [4.78, 5) is 10.4. The molecule has 1 aromatic heterocycles. The zero-order chi connectivity index (χ0) is 14.0. The summed E-state index contributed by atoms with van der Waals surface area (Å²) in [7, 11) is 1.39. The second kappa shape index (κ2) is 5.19. The van der Waals surface area contributed by atoms with Gasteiger partial charge in [-0.1, -0.05) is 0 Å². The van der Waals surface area contributed by atoms with Gasteiger partial charge in [0.05, 0.1) is 12.0 Å². The van der Waals surface area contributed by atoms with E-state index in [-0.39, 0.29) is 11.4 Å². The molecule has 0 fully saturated rings. The molecule has 2 rings (SSSR count). The third-order valence-electron chi connectivity index (χ3n) is 2.71. The molecule has 1 aromatic carbocycles. The van der Waals surface area contributed by atoms with Gasteiger partial charge in [0.1, 0.15) is 0 Å². The molecule has 0 spiro atoms. The summed E-state index contributed by atoms with van der Waals surface area (Å²) in [6.45, 7) is 2.60. The molecule has 0 radical (unpaired) electrons. The molecule has 0 saturated carbocycles. The van der Waals surface area contributed by atoms with Gasteiger partial charge in [0.25, 0.3) is 0 Å². The number of nitro groups is 1. The lowest BCUT2D eigenvalue weighted by Gasteiger charge is -2.06. The van der Waals surface area contributed by atoms with E-state index < -0.39 is 4.92 Å². The second-order valence-corrected chi connectivity index (χ2v) is 4.13. The maximum atomic E-state index is 10.8. The molecule has 0 aliphatic rings. The van der Waals surface area contributed by atoms with Crippen molar-refractivity contribution in [2.24, 2.45) is 0 Å². The van der Waals surface area contributed by atoms with Gasteiger partial charge in [-0.05, 0) is 31.3 Å². The number of nitrogens with zero attached hydrogens (tertiary/aromatic N) is 3. The average Bonchev–Trinajstić information content (AvgIpc) is 2.78. The van der Waals surface area contributed by atoms with Gasteiger partial charge in [-0.2, -0.15) is 5.10 Å². The summed E-state index contributed by atoms with van der Waals surface area (Å²) in [5.41, 5.74) is 0.625. The zero-order valence-electron chi connectivity index (χ0n) is 10.4. The summed E-state index contributed by atoms with van der Waals surface area (Å²) in [6.07, 6.45) is 0. The lowest BCUT2D eigenvalue weighted by atomic mass is 10.1. The number of methoxy groups -OCH3 is 1. The number of hydrogen-bond donors (Lipinski definition) is 1. The van der Waals surface area contributed by atoms with Crippen molar-refractivity contribution in [1.82, 2.24) is 14.8 Å². The SMILES string of the molecule is CCn1c(-c2ccc([N+](=O)[O-])c(OC)c2)n[nH]c1=S. The van der Waals surface area contributed by atoms with E-state index in [9.17, 15) is 10.1 Å². The Labute approximate surface area is 114 Å². The lowest BCUT2D eigenvalue weighted by molar-refractivity contribution is -0.385. The molecule has 7 nitrogen and oxygen atoms in total. The maximum absolute atomic E-state index is 10.8. The topological polar surface area (TPSA) is 86.0 Å². The van der Waals surface area contributed by atoms with E-state index in [1.807, 2.05) is 6.92 Å². The van der Waals surface area contributed by atoms with Crippen LogP contribution in [0.1, 0.15) is 6.92 Å². The van der Waals surface area contributed by atoms with Gasteiger partial charge < -0.3 is 9.30 Å². The number of nitrogens with one attached hydrogen (secondary N) is 1. The van der Waals surface area contributed by atoms with Crippen molar-refractivity contribution in [1.29, 1.82) is 0 Å². The van der Waals surface area contributed by atoms with Crippen molar-refractivity contribution in [3.8, 4) is 17.1 Å². The van der Waals surface area contributed by atoms with E-state index in [1.54, 1.807) is 16.7 Å². The van der Waals surface area contributed by atoms with Crippen molar-refractivity contribution < 1.29 is 9.66 Å². The summed E-state index contributed by atoms with van der Waals surface area (Å²) in [5, 5.41) is 17.7. The molecule has 2 aromatic rings. The second-order valence-electron chi connectivity index (χ2n) is 3.74. The fourth-order valence-electron chi connectivity index (χ4n) is 1.80. The predicted molar refractivity (Wildman–Crippen MR) is 71.7 cm³/mol. The van der Waals surface area contributed by atoms with Crippen molar-refractivity contribution in [2.75, 3.05) is 7.11 Å². The zero-order valence-corrected chi connectivity index (χ0v) is 11.2. The number of nitro benzene ring substituents is 1. The molecular weight excluding hydrogens is 268 g/mol. The molecule has 8 heteroatoms. The highest BCUT2D eigenvalue weighted by atomic mass is 32.1. The number of benzene rings is 1. The molecule has 0 unspecified atom stereocenters. The third kappa shape index (κ3) is 2.34. The molecule has 0 bridgehead atoms. The van der Waals surface area contributed by atoms with Crippen molar-refractivity contribution in [3.63, 3.8) is 0 Å². The molecule has 100 valence electrons. The third-order valence-corrected chi connectivity index (χ3v) is 3.02. The first-order chi connectivity index (χ1) is 9.08. The first kappa shape index (κ1) is 13.2. The standard InChI is InChI=1S/C11H12N4O3S/c1-3-14-10(12-13-11(14)19)7-4-5-8(15(16)17)9(6-7)18-2/h4-6H,3H2,1-2H3,(H,13,19). The summed E-state index contributed by atoms with van der Waals surface area (Å²) >= 11 is 5.11. The fourth-order valence-corrected chi connectivity index (χ4v) is 2.06. The molecule has 0 amide bonds. The van der Waals surface area contributed by atoms with Crippen LogP contribution in [0.3, 0.4) is 0 Å². The number of aromatic amines is 1. The fraction of sp³-hybridized carbons (Fsp3) is 0.273. The molecule has 0 atom stereocenters. The minimum Gasteiger partial charge on any atom is -0.490 e. The number of ether oxygens (including phenoxy) is 1. The van der Waals surface area contributed by atoms with Crippen LogP contribution in [0.2, 0.25) is 0 Å². The number of rotatable bonds is 4. The lowest BCUT2D eigenvalue weighted by Crippen LogP contribution is -1.99. The van der Waals surface area contributed by atoms with Crippen LogP contribution < -0.4 is 4.74 Å². The molecule has 1 N–H and O–H groups in total. The molecule has 0 saturated heterocycles. The van der Waals surface area contributed by atoms with E-state index in [0.29, 0.717) is 22.7 Å². The minimum absolute atomic E-state index is 0.0802. The maximum Gasteiger partial charge on any atom is 0.310 e. The Balaban J connectivity index is 2.58. The van der Waals surface area contributed by atoms with Crippen LogP contribution in [0.5, 0.6) is 5.75 Å². The summed E-state index contributed by atoms with van der Waals surface area (Å²) in [5.74, 6) is 0.819. The van der Waals surface area contributed by atoms with Crippen LogP contribution in [0.25, 0.3) is 11.4 Å². The summed E-state index contributed by atoms with van der Waals surface area (Å²) < 4.78 is 7.34. The Kier molecular flexibility index (Phi) is 3.61. The highest BCUT2D eigenvalue weighted by molar-refractivity contribution is 7.71. The Morgan fingerprint density at radius 1 is 1.58 bits per heavy atom. The normalized spacial score (nSPS) is 10.4. The molecular formula is C11H12N4O3S. The molecule has 0 aliphatic carbocycles. The van der Waals surface area contributed by atoms with Crippen LogP contribution in [-0.2, 0) is 6.54 Å². The Hall–Kier alpha value is -2.22. The Morgan fingerprint density at radius 2 is 2.32 bits per heavy atom. The van der Waals surface area contributed by atoms with Gasteiger partial charge >= 0.3 is 5.69 Å². The van der Waals surface area contributed by atoms with Gasteiger partial charge in [-0.3, -0.25) is 15.2 Å². The number of hydrogen-bond acceptors (Lipinski definition) is 5. The van der Waals surface area contributed by atoms with Gasteiger partial charge in [-0.25, -0.2) is 0 Å². The quantitative estimate of drug-likeness (QED) is 0.528.